The number of anilines is 1. The van der Waals surface area contributed by atoms with Crippen LogP contribution in [0, 0.1) is 0 Å². The molecule has 3 N–H and O–H groups in total. The van der Waals surface area contributed by atoms with E-state index in [0.717, 1.165) is 24.1 Å². The molecule has 0 spiro atoms. The predicted molar refractivity (Wildman–Crippen MR) is 63.0 cm³/mol. The highest BCUT2D eigenvalue weighted by Crippen LogP contribution is 2.21. The average Bonchev–Trinajstić information content (AvgIpc) is 2.27. The predicted octanol–water partition coefficient (Wildman–Crippen LogP) is 1.60. The van der Waals surface area contributed by atoms with Crippen molar-refractivity contribution in [1.82, 2.24) is 5.32 Å². The maximum atomic E-state index is 11.8. The molecule has 0 saturated heterocycles. The van der Waals surface area contributed by atoms with Crippen LogP contribution in [-0.2, 0) is 11.2 Å². The van der Waals surface area contributed by atoms with Gasteiger partial charge in [0.15, 0.2) is 0 Å². The lowest BCUT2D eigenvalue weighted by atomic mass is 10.00. The van der Waals surface area contributed by atoms with Crippen molar-refractivity contribution in [3.63, 3.8) is 0 Å². The number of para-hydroxylation sites is 1. The molecule has 5 heteroatoms. The molecule has 5 nitrogen and oxygen atoms in total. The van der Waals surface area contributed by atoms with E-state index >= 15 is 0 Å². The molecule has 1 unspecified atom stereocenters. The molecule has 1 atom stereocenters. The summed E-state index contributed by atoms with van der Waals surface area (Å²) in [7, 11) is 0. The molecule has 0 saturated carbocycles. The number of hydrogen-bond donors (Lipinski definition) is 3. The summed E-state index contributed by atoms with van der Waals surface area (Å²) in [6.45, 7) is 0. The topological polar surface area (TPSA) is 78.4 Å². The number of hydrogen-bond acceptors (Lipinski definition) is 2. The Bertz CT molecular complexity index is 445. The van der Waals surface area contributed by atoms with Crippen LogP contribution in [0.25, 0.3) is 0 Å². The van der Waals surface area contributed by atoms with Gasteiger partial charge in [-0.1, -0.05) is 18.2 Å². The summed E-state index contributed by atoms with van der Waals surface area (Å²) in [4.78, 5) is 22.4. The molecule has 0 aliphatic carbocycles. The molecule has 0 fully saturated rings. The SMILES string of the molecule is O=C(O)NC1CCCc2ccccc2NC1=O. The zero-order valence-corrected chi connectivity index (χ0v) is 9.27. The Morgan fingerprint density at radius 2 is 2.18 bits per heavy atom. The molecular weight excluding hydrogens is 220 g/mol. The van der Waals surface area contributed by atoms with Gasteiger partial charge in [0, 0.05) is 5.69 Å². The van der Waals surface area contributed by atoms with Crippen molar-refractivity contribution in [2.75, 3.05) is 5.32 Å². The van der Waals surface area contributed by atoms with Crippen LogP contribution in [0.1, 0.15) is 18.4 Å². The highest BCUT2D eigenvalue weighted by atomic mass is 16.4. The number of benzene rings is 1. The van der Waals surface area contributed by atoms with Gasteiger partial charge < -0.3 is 15.7 Å². The van der Waals surface area contributed by atoms with E-state index in [4.69, 9.17) is 5.11 Å². The van der Waals surface area contributed by atoms with Crippen LogP contribution in [0.15, 0.2) is 24.3 Å². The van der Waals surface area contributed by atoms with Gasteiger partial charge in [-0.25, -0.2) is 4.79 Å². The van der Waals surface area contributed by atoms with Crippen LogP contribution in [0.3, 0.4) is 0 Å². The number of amides is 2. The lowest BCUT2D eigenvalue weighted by molar-refractivity contribution is -0.118. The minimum atomic E-state index is -1.17. The zero-order valence-electron chi connectivity index (χ0n) is 9.27. The summed E-state index contributed by atoms with van der Waals surface area (Å²) in [6, 6.07) is 6.91. The van der Waals surface area contributed by atoms with E-state index in [1.165, 1.54) is 0 Å². The molecule has 2 rings (SSSR count). The number of rotatable bonds is 1. The van der Waals surface area contributed by atoms with Crippen molar-refractivity contribution in [3.05, 3.63) is 29.8 Å². The minimum Gasteiger partial charge on any atom is -0.465 e. The van der Waals surface area contributed by atoms with Crippen LogP contribution in [0.2, 0.25) is 0 Å². The number of aryl methyl sites for hydroxylation is 1. The molecule has 1 aromatic carbocycles. The van der Waals surface area contributed by atoms with Crippen LogP contribution in [0.5, 0.6) is 0 Å². The molecule has 0 aromatic heterocycles. The van der Waals surface area contributed by atoms with E-state index in [9.17, 15) is 9.59 Å². The number of nitrogens with one attached hydrogen (secondary N) is 2. The fourth-order valence-electron chi connectivity index (χ4n) is 1.99. The van der Waals surface area contributed by atoms with Gasteiger partial charge in [-0.05, 0) is 30.9 Å². The highest BCUT2D eigenvalue weighted by Gasteiger charge is 2.23. The second-order valence-electron chi connectivity index (χ2n) is 4.04. The van der Waals surface area contributed by atoms with Gasteiger partial charge in [-0.2, -0.15) is 0 Å². The smallest absolute Gasteiger partial charge is 0.405 e. The standard InChI is InChI=1S/C12H14N2O3/c15-11-10(14-12(16)17)7-3-5-8-4-1-2-6-9(8)13-11/h1-2,4,6,10,14H,3,5,7H2,(H,13,15)(H,16,17). The molecule has 1 aromatic rings. The Morgan fingerprint density at radius 1 is 1.41 bits per heavy atom. The van der Waals surface area contributed by atoms with Gasteiger partial charge in [0.1, 0.15) is 6.04 Å². The summed E-state index contributed by atoms with van der Waals surface area (Å²) in [5, 5.41) is 13.6. The van der Waals surface area contributed by atoms with Gasteiger partial charge in [-0.3, -0.25) is 4.79 Å². The summed E-state index contributed by atoms with van der Waals surface area (Å²) < 4.78 is 0. The third kappa shape index (κ3) is 2.75. The maximum absolute atomic E-state index is 11.8. The van der Waals surface area contributed by atoms with Crippen LogP contribution >= 0.6 is 0 Å². The van der Waals surface area contributed by atoms with Crippen LogP contribution < -0.4 is 10.6 Å². The Labute approximate surface area is 98.8 Å². The molecule has 17 heavy (non-hydrogen) atoms. The highest BCUT2D eigenvalue weighted by molar-refractivity contribution is 5.97. The van der Waals surface area contributed by atoms with E-state index in [1.807, 2.05) is 24.3 Å². The third-order valence-corrected chi connectivity index (χ3v) is 2.83. The molecule has 0 bridgehead atoms. The van der Waals surface area contributed by atoms with Crippen molar-refractivity contribution in [3.8, 4) is 0 Å². The number of carboxylic acid groups (broad SMARTS) is 1. The van der Waals surface area contributed by atoms with Crippen molar-refractivity contribution < 1.29 is 14.7 Å². The maximum Gasteiger partial charge on any atom is 0.405 e. The summed E-state index contributed by atoms with van der Waals surface area (Å²) >= 11 is 0. The lowest BCUT2D eigenvalue weighted by Gasteiger charge is -2.21. The number of carbonyl (C=O) groups is 2. The summed E-state index contributed by atoms with van der Waals surface area (Å²) in [5.41, 5.74) is 1.86. The first kappa shape index (κ1) is 11.4. The van der Waals surface area contributed by atoms with Crippen molar-refractivity contribution in [1.29, 1.82) is 0 Å². The normalized spacial score (nSPS) is 19.5. The summed E-state index contributed by atoms with van der Waals surface area (Å²) in [5.74, 6) is -0.292. The molecule has 2 amide bonds. The Balaban J connectivity index is 2.17. The van der Waals surface area contributed by atoms with Gasteiger partial charge in [0.05, 0.1) is 0 Å². The van der Waals surface area contributed by atoms with Crippen molar-refractivity contribution in [2.45, 2.75) is 25.3 Å². The van der Waals surface area contributed by atoms with Gasteiger partial charge >= 0.3 is 6.09 Å². The van der Waals surface area contributed by atoms with Gasteiger partial charge in [-0.15, -0.1) is 0 Å². The molecular formula is C12H14N2O3. The zero-order chi connectivity index (χ0) is 12.3. The lowest BCUT2D eigenvalue weighted by Crippen LogP contribution is -2.43. The van der Waals surface area contributed by atoms with Gasteiger partial charge in [0.2, 0.25) is 5.91 Å². The molecule has 1 heterocycles. The number of fused-ring (bicyclic) bond motifs is 1. The third-order valence-electron chi connectivity index (χ3n) is 2.83. The Hall–Kier alpha value is -2.04. The van der Waals surface area contributed by atoms with Crippen LogP contribution in [-0.4, -0.2) is 23.1 Å². The summed E-state index contributed by atoms with van der Waals surface area (Å²) in [6.07, 6.45) is 0.981. The Morgan fingerprint density at radius 3 is 2.94 bits per heavy atom. The molecule has 1 aliphatic heterocycles. The molecule has 0 radical (unpaired) electrons. The fraction of sp³-hybridized carbons (Fsp3) is 0.333. The van der Waals surface area contributed by atoms with E-state index in [0.29, 0.717) is 6.42 Å². The quantitative estimate of drug-likeness (QED) is 0.690. The van der Waals surface area contributed by atoms with Crippen molar-refractivity contribution >= 4 is 17.7 Å². The fourth-order valence-corrected chi connectivity index (χ4v) is 1.99. The van der Waals surface area contributed by atoms with E-state index in [-0.39, 0.29) is 5.91 Å². The van der Waals surface area contributed by atoms with Crippen LogP contribution in [0.4, 0.5) is 10.5 Å². The first-order valence-electron chi connectivity index (χ1n) is 5.55. The minimum absolute atomic E-state index is 0.292. The first-order chi connectivity index (χ1) is 8.16. The van der Waals surface area contributed by atoms with E-state index in [1.54, 1.807) is 0 Å². The van der Waals surface area contributed by atoms with Gasteiger partial charge in [0.25, 0.3) is 0 Å². The number of carbonyl (C=O) groups excluding carboxylic acids is 1. The van der Waals surface area contributed by atoms with E-state index in [2.05, 4.69) is 10.6 Å². The monoisotopic (exact) mass is 234 g/mol. The Kier molecular flexibility index (Phi) is 3.27. The second-order valence-corrected chi connectivity index (χ2v) is 4.04. The van der Waals surface area contributed by atoms with Crippen molar-refractivity contribution in [2.24, 2.45) is 0 Å². The molecule has 90 valence electrons. The second kappa shape index (κ2) is 4.86. The van der Waals surface area contributed by atoms with E-state index < -0.39 is 12.1 Å². The molecule has 1 aliphatic rings. The largest absolute Gasteiger partial charge is 0.465 e. The average molecular weight is 234 g/mol. The first-order valence-corrected chi connectivity index (χ1v) is 5.55.